The largest absolute Gasteiger partial charge is 0.311 e. The zero-order valence-corrected chi connectivity index (χ0v) is 14.8. The van der Waals surface area contributed by atoms with E-state index < -0.39 is 0 Å². The molecule has 25 heavy (non-hydrogen) atoms. The maximum Gasteiger partial charge on any atom is 0.262 e. The van der Waals surface area contributed by atoms with Crippen LogP contribution >= 0.6 is 0 Å². The maximum absolute atomic E-state index is 13.0. The molecule has 2 aromatic heterocycles. The van der Waals surface area contributed by atoms with Gasteiger partial charge in [0.15, 0.2) is 0 Å². The van der Waals surface area contributed by atoms with Crippen LogP contribution in [0.1, 0.15) is 29.3 Å². The summed E-state index contributed by atoms with van der Waals surface area (Å²) in [5.74, 6) is 0.711. The predicted octanol–water partition coefficient (Wildman–Crippen LogP) is 3.88. The third-order valence-electron chi connectivity index (χ3n) is 4.86. The second-order valence-electron chi connectivity index (χ2n) is 6.53. The van der Waals surface area contributed by atoms with Gasteiger partial charge in [-0.05, 0) is 38.0 Å². The SMILES string of the molecule is CCc1c(C)n(Cc2cccc(C)c2)c2nc3ccccc3n2c1=O. The quantitative estimate of drug-likeness (QED) is 0.571. The van der Waals surface area contributed by atoms with Gasteiger partial charge in [-0.2, -0.15) is 0 Å². The molecule has 0 aliphatic heterocycles. The van der Waals surface area contributed by atoms with Crippen molar-refractivity contribution in [1.82, 2.24) is 14.0 Å². The van der Waals surface area contributed by atoms with E-state index in [1.807, 2.05) is 38.1 Å². The van der Waals surface area contributed by atoms with Crippen LogP contribution in [0.2, 0.25) is 0 Å². The van der Waals surface area contributed by atoms with Gasteiger partial charge in [0.25, 0.3) is 5.56 Å². The van der Waals surface area contributed by atoms with Crippen LogP contribution in [0, 0.1) is 13.8 Å². The topological polar surface area (TPSA) is 39.3 Å². The molecule has 0 fully saturated rings. The molecule has 0 aliphatic carbocycles. The summed E-state index contributed by atoms with van der Waals surface area (Å²) in [4.78, 5) is 17.8. The molecule has 0 radical (unpaired) electrons. The van der Waals surface area contributed by atoms with Gasteiger partial charge in [0.05, 0.1) is 17.6 Å². The van der Waals surface area contributed by atoms with Crippen LogP contribution < -0.4 is 5.56 Å². The predicted molar refractivity (Wildman–Crippen MR) is 101 cm³/mol. The number of fused-ring (bicyclic) bond motifs is 3. The van der Waals surface area contributed by atoms with Gasteiger partial charge in [0.1, 0.15) is 0 Å². The number of hydrogen-bond donors (Lipinski definition) is 0. The molecule has 0 amide bonds. The lowest BCUT2D eigenvalue weighted by Gasteiger charge is -2.16. The molecule has 0 unspecified atom stereocenters. The number of hydrogen-bond acceptors (Lipinski definition) is 2. The zero-order valence-electron chi connectivity index (χ0n) is 14.8. The molecule has 4 rings (SSSR count). The number of nitrogens with zero attached hydrogens (tertiary/aromatic N) is 3. The van der Waals surface area contributed by atoms with Crippen molar-refractivity contribution in [2.45, 2.75) is 33.7 Å². The fourth-order valence-corrected chi connectivity index (χ4v) is 3.59. The van der Waals surface area contributed by atoms with Gasteiger partial charge in [0.2, 0.25) is 5.78 Å². The summed E-state index contributed by atoms with van der Waals surface area (Å²) >= 11 is 0. The van der Waals surface area contributed by atoms with Crippen LogP contribution in [-0.4, -0.2) is 14.0 Å². The third kappa shape index (κ3) is 2.45. The van der Waals surface area contributed by atoms with Crippen LogP contribution in [0.15, 0.2) is 53.3 Å². The molecule has 4 aromatic rings. The van der Waals surface area contributed by atoms with E-state index >= 15 is 0 Å². The van der Waals surface area contributed by atoms with E-state index in [9.17, 15) is 4.79 Å². The normalized spacial score (nSPS) is 11.5. The van der Waals surface area contributed by atoms with Crippen molar-refractivity contribution < 1.29 is 0 Å². The molecule has 0 N–H and O–H groups in total. The zero-order chi connectivity index (χ0) is 17.6. The number of benzene rings is 2. The molecule has 0 aliphatic rings. The van der Waals surface area contributed by atoms with E-state index in [4.69, 9.17) is 4.98 Å². The van der Waals surface area contributed by atoms with Gasteiger partial charge in [-0.25, -0.2) is 9.38 Å². The Kier molecular flexibility index (Phi) is 3.68. The van der Waals surface area contributed by atoms with Gasteiger partial charge in [0, 0.05) is 11.3 Å². The fraction of sp³-hybridized carbons (Fsp3) is 0.238. The number of para-hydroxylation sites is 2. The van der Waals surface area contributed by atoms with Crippen molar-refractivity contribution >= 4 is 16.8 Å². The summed E-state index contributed by atoms with van der Waals surface area (Å²) in [6.07, 6.45) is 0.709. The van der Waals surface area contributed by atoms with E-state index in [2.05, 4.69) is 35.8 Å². The van der Waals surface area contributed by atoms with E-state index in [1.54, 1.807) is 4.40 Å². The fourth-order valence-electron chi connectivity index (χ4n) is 3.59. The molecule has 0 saturated heterocycles. The number of imidazole rings is 1. The highest BCUT2D eigenvalue weighted by Crippen LogP contribution is 2.19. The van der Waals surface area contributed by atoms with Crippen molar-refractivity contribution in [3.63, 3.8) is 0 Å². The minimum Gasteiger partial charge on any atom is -0.311 e. The van der Waals surface area contributed by atoms with Crippen LogP contribution in [0.5, 0.6) is 0 Å². The van der Waals surface area contributed by atoms with Crippen molar-refractivity contribution in [3.05, 3.63) is 81.3 Å². The third-order valence-corrected chi connectivity index (χ3v) is 4.86. The molecular weight excluding hydrogens is 310 g/mol. The van der Waals surface area contributed by atoms with Crippen LogP contribution in [0.4, 0.5) is 0 Å². The Morgan fingerprint density at radius 1 is 1.04 bits per heavy atom. The van der Waals surface area contributed by atoms with Gasteiger partial charge < -0.3 is 4.57 Å². The first-order valence-corrected chi connectivity index (χ1v) is 8.65. The molecule has 0 saturated carbocycles. The highest BCUT2D eigenvalue weighted by molar-refractivity contribution is 5.79. The first kappa shape index (κ1) is 15.6. The molecule has 0 atom stereocenters. The van der Waals surface area contributed by atoms with Crippen molar-refractivity contribution in [1.29, 1.82) is 0 Å². The second kappa shape index (κ2) is 5.88. The second-order valence-corrected chi connectivity index (χ2v) is 6.53. The van der Waals surface area contributed by atoms with Gasteiger partial charge >= 0.3 is 0 Å². The average molecular weight is 331 g/mol. The lowest BCUT2D eigenvalue weighted by molar-refractivity contribution is 0.733. The van der Waals surface area contributed by atoms with Gasteiger partial charge in [-0.3, -0.25) is 4.79 Å². The van der Waals surface area contributed by atoms with Gasteiger partial charge in [-0.1, -0.05) is 48.9 Å². The molecule has 126 valence electrons. The standard InChI is InChI=1S/C21H21N3O/c1-4-17-15(3)23(13-16-9-7-8-14(2)12-16)21-22-18-10-5-6-11-19(18)24(21)20(17)25/h5-12H,4,13H2,1-3H3. The summed E-state index contributed by atoms with van der Waals surface area (Å²) < 4.78 is 3.92. The van der Waals surface area contributed by atoms with Gasteiger partial charge in [-0.15, -0.1) is 0 Å². The average Bonchev–Trinajstić information content (AvgIpc) is 2.99. The number of rotatable bonds is 3. The maximum atomic E-state index is 13.0. The Hall–Kier alpha value is -2.88. The molecule has 2 heterocycles. The molecular formula is C21H21N3O. The summed E-state index contributed by atoms with van der Waals surface area (Å²) in [7, 11) is 0. The Labute approximate surface area is 146 Å². The van der Waals surface area contributed by atoms with E-state index in [-0.39, 0.29) is 5.56 Å². The Balaban J connectivity index is 2.07. The molecule has 0 bridgehead atoms. The molecule has 0 spiro atoms. The van der Waals surface area contributed by atoms with Crippen molar-refractivity contribution in [2.24, 2.45) is 0 Å². The van der Waals surface area contributed by atoms with E-state index in [0.29, 0.717) is 18.7 Å². The highest BCUT2D eigenvalue weighted by atomic mass is 16.1. The summed E-state index contributed by atoms with van der Waals surface area (Å²) in [5, 5.41) is 0. The first-order chi connectivity index (χ1) is 12.1. The minimum atomic E-state index is 0.0455. The Bertz CT molecular complexity index is 1150. The van der Waals surface area contributed by atoms with Crippen LogP contribution in [-0.2, 0) is 13.0 Å². The van der Waals surface area contributed by atoms with Crippen molar-refractivity contribution in [2.75, 3.05) is 0 Å². The van der Waals surface area contributed by atoms with E-state index in [0.717, 1.165) is 22.3 Å². The number of aryl methyl sites for hydroxylation is 1. The van der Waals surface area contributed by atoms with E-state index in [1.165, 1.54) is 11.1 Å². The highest BCUT2D eigenvalue weighted by Gasteiger charge is 2.17. The smallest absolute Gasteiger partial charge is 0.262 e. The molecule has 4 nitrogen and oxygen atoms in total. The van der Waals surface area contributed by atoms with Crippen LogP contribution in [0.25, 0.3) is 16.8 Å². The molecule has 4 heteroatoms. The summed E-state index contributed by atoms with van der Waals surface area (Å²) in [6.45, 7) is 6.85. The first-order valence-electron chi connectivity index (χ1n) is 8.65. The van der Waals surface area contributed by atoms with Crippen molar-refractivity contribution in [3.8, 4) is 0 Å². The molecule has 2 aromatic carbocycles. The Morgan fingerprint density at radius 3 is 2.60 bits per heavy atom. The minimum absolute atomic E-state index is 0.0455. The lowest BCUT2D eigenvalue weighted by atomic mass is 10.1. The monoisotopic (exact) mass is 331 g/mol. The number of aromatic nitrogens is 3. The Morgan fingerprint density at radius 2 is 1.84 bits per heavy atom. The summed E-state index contributed by atoms with van der Waals surface area (Å²) in [6, 6.07) is 16.3. The lowest BCUT2D eigenvalue weighted by Crippen LogP contribution is -2.25. The van der Waals surface area contributed by atoms with Crippen LogP contribution in [0.3, 0.4) is 0 Å². The summed E-state index contributed by atoms with van der Waals surface area (Å²) in [5.41, 5.74) is 6.06.